The number of hydrogen-bond donors (Lipinski definition) is 0. The summed E-state index contributed by atoms with van der Waals surface area (Å²) in [5.41, 5.74) is 1.50. The Morgan fingerprint density at radius 3 is 2.21 bits per heavy atom. The Hall–Kier alpha value is 0. The third-order valence-corrected chi connectivity index (χ3v) is 9.33. The van der Waals surface area contributed by atoms with E-state index in [4.69, 9.17) is 0 Å². The van der Waals surface area contributed by atoms with Gasteiger partial charge in [0, 0.05) is 0 Å². The van der Waals surface area contributed by atoms with E-state index >= 15 is 0 Å². The summed E-state index contributed by atoms with van der Waals surface area (Å²) in [4.78, 5) is 0. The minimum Gasteiger partial charge on any atom is -0.0654 e. The first-order valence-electron chi connectivity index (χ1n) is 13.7. The average Bonchev–Trinajstić information content (AvgIpc) is 2.66. The summed E-state index contributed by atoms with van der Waals surface area (Å²) in [7, 11) is 0. The van der Waals surface area contributed by atoms with Gasteiger partial charge in [0.05, 0.1) is 0 Å². The lowest BCUT2D eigenvalue weighted by molar-refractivity contribution is -0.0263. The van der Waals surface area contributed by atoms with Crippen molar-refractivity contribution in [2.75, 3.05) is 0 Å². The topological polar surface area (TPSA) is 0 Å². The largest absolute Gasteiger partial charge is 0.0654 e. The van der Waals surface area contributed by atoms with Gasteiger partial charge >= 0.3 is 0 Å². The average molecular weight is 407 g/mol. The van der Waals surface area contributed by atoms with Crippen LogP contribution in [0.3, 0.4) is 0 Å². The van der Waals surface area contributed by atoms with Gasteiger partial charge in [0.15, 0.2) is 0 Å². The zero-order valence-corrected chi connectivity index (χ0v) is 22.0. The molecular formula is C29H58. The first-order valence-corrected chi connectivity index (χ1v) is 13.7. The number of unbranched alkanes of at least 4 members (excludes halogenated alkanes) is 2. The van der Waals surface area contributed by atoms with E-state index in [0.717, 1.165) is 11.8 Å². The molecule has 0 aromatic rings. The van der Waals surface area contributed by atoms with E-state index in [1.54, 1.807) is 0 Å². The van der Waals surface area contributed by atoms with Gasteiger partial charge in [0.1, 0.15) is 0 Å². The minimum absolute atomic E-state index is 0.476. The van der Waals surface area contributed by atoms with Crippen LogP contribution in [0.15, 0.2) is 0 Å². The second-order valence-electron chi connectivity index (χ2n) is 12.1. The van der Waals surface area contributed by atoms with Crippen LogP contribution in [0.25, 0.3) is 0 Å². The molecule has 1 aliphatic rings. The first kappa shape index (κ1) is 27.0. The second-order valence-corrected chi connectivity index (χ2v) is 12.1. The van der Waals surface area contributed by atoms with Crippen LogP contribution < -0.4 is 0 Å². The summed E-state index contributed by atoms with van der Waals surface area (Å²) in [5, 5.41) is 0. The first-order chi connectivity index (χ1) is 13.7. The highest BCUT2D eigenvalue weighted by molar-refractivity contribution is 4.97. The molecule has 174 valence electrons. The highest BCUT2D eigenvalue weighted by Crippen LogP contribution is 2.57. The molecule has 1 fully saturated rings. The van der Waals surface area contributed by atoms with Crippen LogP contribution >= 0.6 is 0 Å². The van der Waals surface area contributed by atoms with Crippen LogP contribution in [0.2, 0.25) is 0 Å². The summed E-state index contributed by atoms with van der Waals surface area (Å²) in [5.74, 6) is 1.85. The van der Waals surface area contributed by atoms with Crippen molar-refractivity contribution in [1.29, 1.82) is 0 Å². The smallest absolute Gasteiger partial charge is 0.0269 e. The predicted molar refractivity (Wildman–Crippen MR) is 134 cm³/mol. The van der Waals surface area contributed by atoms with Gasteiger partial charge in [-0.25, -0.2) is 0 Å². The van der Waals surface area contributed by atoms with Crippen molar-refractivity contribution in [3.05, 3.63) is 0 Å². The van der Waals surface area contributed by atoms with Gasteiger partial charge in [-0.15, -0.1) is 0 Å². The molecule has 0 nitrogen and oxygen atoms in total. The molecule has 0 heteroatoms. The lowest BCUT2D eigenvalue weighted by Gasteiger charge is -2.53. The summed E-state index contributed by atoms with van der Waals surface area (Å²) in [6.07, 6.45) is 22.8. The van der Waals surface area contributed by atoms with Crippen molar-refractivity contribution in [2.45, 2.75) is 158 Å². The van der Waals surface area contributed by atoms with Crippen molar-refractivity contribution in [2.24, 2.45) is 28.1 Å². The van der Waals surface area contributed by atoms with E-state index in [1.165, 1.54) is 103 Å². The van der Waals surface area contributed by atoms with Gasteiger partial charge in [-0.2, -0.15) is 0 Å². The van der Waals surface area contributed by atoms with Crippen LogP contribution in [0.4, 0.5) is 0 Å². The summed E-state index contributed by atoms with van der Waals surface area (Å²) in [6.45, 7) is 20.3. The third-order valence-electron chi connectivity index (χ3n) is 9.33. The van der Waals surface area contributed by atoms with Gasteiger partial charge in [-0.3, -0.25) is 0 Å². The van der Waals surface area contributed by atoms with Crippen LogP contribution in [-0.4, -0.2) is 0 Å². The molecule has 1 rings (SSSR count). The molecule has 0 aromatic heterocycles. The molecule has 0 N–H and O–H groups in total. The van der Waals surface area contributed by atoms with Crippen molar-refractivity contribution in [3.8, 4) is 0 Å². The van der Waals surface area contributed by atoms with Crippen molar-refractivity contribution in [1.82, 2.24) is 0 Å². The van der Waals surface area contributed by atoms with Crippen LogP contribution in [0.1, 0.15) is 158 Å². The van der Waals surface area contributed by atoms with Crippen molar-refractivity contribution >= 4 is 0 Å². The standard InChI is InChI=1S/C29H58/c1-9-13-15-20-26(18-10-2)23-27(6,11-3)24-28(7,12-4)29(8)21-17-14-16-19-25(5)22-29/h25-26H,9-24H2,1-8H3. The zero-order valence-electron chi connectivity index (χ0n) is 22.0. The fraction of sp³-hybridized carbons (Fsp3) is 1.00. The molecule has 0 aliphatic heterocycles. The Labute approximate surface area is 186 Å². The fourth-order valence-electron chi connectivity index (χ4n) is 6.89. The maximum atomic E-state index is 2.68. The lowest BCUT2D eigenvalue weighted by Crippen LogP contribution is -2.43. The Balaban J connectivity index is 2.99. The van der Waals surface area contributed by atoms with Crippen LogP contribution in [0, 0.1) is 28.1 Å². The fourth-order valence-corrected chi connectivity index (χ4v) is 6.89. The van der Waals surface area contributed by atoms with Crippen molar-refractivity contribution < 1.29 is 0 Å². The van der Waals surface area contributed by atoms with E-state index in [-0.39, 0.29) is 0 Å². The van der Waals surface area contributed by atoms with Gasteiger partial charge < -0.3 is 0 Å². The SMILES string of the molecule is CCCCCC(CCC)CC(C)(CC)CC(C)(CC)C1(C)CCCCCC(C)C1. The van der Waals surface area contributed by atoms with Gasteiger partial charge in [0.2, 0.25) is 0 Å². The lowest BCUT2D eigenvalue weighted by atomic mass is 9.52. The maximum absolute atomic E-state index is 2.68. The highest BCUT2D eigenvalue weighted by atomic mass is 14.5. The number of hydrogen-bond acceptors (Lipinski definition) is 0. The summed E-state index contributed by atoms with van der Waals surface area (Å²) < 4.78 is 0. The normalized spacial score (nSPS) is 28.8. The highest BCUT2D eigenvalue weighted by Gasteiger charge is 2.47. The molecule has 1 aliphatic carbocycles. The molecule has 0 radical (unpaired) electrons. The van der Waals surface area contributed by atoms with E-state index < -0.39 is 0 Å². The van der Waals surface area contributed by atoms with Gasteiger partial charge in [0.25, 0.3) is 0 Å². The Morgan fingerprint density at radius 2 is 1.62 bits per heavy atom. The molecule has 0 saturated heterocycles. The zero-order chi connectivity index (χ0) is 22.0. The third kappa shape index (κ3) is 8.22. The predicted octanol–water partition coefficient (Wildman–Crippen LogP) is 10.6. The van der Waals surface area contributed by atoms with Crippen molar-refractivity contribution in [3.63, 3.8) is 0 Å². The summed E-state index contributed by atoms with van der Waals surface area (Å²) in [6, 6.07) is 0. The maximum Gasteiger partial charge on any atom is -0.0269 e. The number of rotatable bonds is 13. The summed E-state index contributed by atoms with van der Waals surface area (Å²) >= 11 is 0. The van der Waals surface area contributed by atoms with E-state index in [9.17, 15) is 0 Å². The van der Waals surface area contributed by atoms with Crippen LogP contribution in [-0.2, 0) is 0 Å². The Kier molecular flexibility index (Phi) is 11.9. The molecule has 0 bridgehead atoms. The Bertz CT molecular complexity index is 426. The minimum atomic E-state index is 0.476. The Morgan fingerprint density at radius 1 is 0.897 bits per heavy atom. The molecule has 5 unspecified atom stereocenters. The second kappa shape index (κ2) is 12.8. The van der Waals surface area contributed by atoms with Gasteiger partial charge in [-0.05, 0) is 53.8 Å². The quantitative estimate of drug-likeness (QED) is 0.267. The van der Waals surface area contributed by atoms with E-state index in [2.05, 4.69) is 55.4 Å². The van der Waals surface area contributed by atoms with Crippen LogP contribution in [0.5, 0.6) is 0 Å². The van der Waals surface area contributed by atoms with Gasteiger partial charge in [-0.1, -0.05) is 132 Å². The van der Waals surface area contributed by atoms with E-state index in [1.807, 2.05) is 0 Å². The molecule has 0 aromatic carbocycles. The molecule has 29 heavy (non-hydrogen) atoms. The molecule has 5 atom stereocenters. The molecular weight excluding hydrogens is 348 g/mol. The molecule has 0 heterocycles. The molecule has 0 amide bonds. The van der Waals surface area contributed by atoms with E-state index in [0.29, 0.717) is 16.2 Å². The molecule has 1 saturated carbocycles. The molecule has 0 spiro atoms. The monoisotopic (exact) mass is 406 g/mol.